The first-order valence-corrected chi connectivity index (χ1v) is 10.9. The highest BCUT2D eigenvalue weighted by molar-refractivity contribution is 14.1. The molecular weight excluding hydrogens is 470 g/mol. The van der Waals surface area contributed by atoms with Crippen molar-refractivity contribution >= 4 is 45.2 Å². The monoisotopic (exact) mass is 494 g/mol. The molecule has 0 aliphatic heterocycles. The minimum absolute atomic E-state index is 0.778. The molecule has 9 aliphatic carbocycles. The summed E-state index contributed by atoms with van der Waals surface area (Å²) < 4.78 is 1.56. The lowest BCUT2D eigenvalue weighted by Gasteiger charge is -2.82. The van der Waals surface area contributed by atoms with Crippen LogP contribution in [0, 0.1) is 21.7 Å². The fourth-order valence-electron chi connectivity index (χ4n) is 8.23. The van der Waals surface area contributed by atoms with E-state index in [0.717, 1.165) is 28.5 Å². The van der Waals surface area contributed by atoms with Crippen molar-refractivity contribution in [2.75, 3.05) is 0 Å². The van der Waals surface area contributed by atoms with Crippen LogP contribution in [-0.2, 0) is 0 Å². The quantitative estimate of drug-likeness (QED) is 0.325. The van der Waals surface area contributed by atoms with E-state index >= 15 is 0 Å². The molecule has 9 rings (SSSR count). The average molecular weight is 494 g/mol. The minimum atomic E-state index is 0.778. The number of fused-ring (bicyclic) bond motifs is 3. The minimum Gasteiger partial charge on any atom is -0.0788 e. The maximum absolute atomic E-state index is 2.77. The molecule has 0 atom stereocenters. The summed E-state index contributed by atoms with van der Waals surface area (Å²) in [5.41, 5.74) is 3.36. The van der Waals surface area contributed by atoms with E-state index in [4.69, 9.17) is 0 Å². The number of rotatable bonds is 2. The number of hydrogen-bond acceptors (Lipinski definition) is 0. The van der Waals surface area contributed by atoms with E-state index in [-0.39, 0.29) is 0 Å². The van der Waals surface area contributed by atoms with Gasteiger partial charge in [0.15, 0.2) is 0 Å². The van der Waals surface area contributed by atoms with Crippen LogP contribution in [-0.4, -0.2) is 6.84 Å². The van der Waals surface area contributed by atoms with E-state index in [9.17, 15) is 0 Å². The van der Waals surface area contributed by atoms with Crippen molar-refractivity contribution in [1.29, 1.82) is 0 Å². The number of hydrogen-bond donors (Lipinski definition) is 0. The van der Waals surface area contributed by atoms with E-state index in [0.29, 0.717) is 0 Å². The van der Waals surface area contributed by atoms with Crippen LogP contribution in [0.5, 0.6) is 0 Å². The summed E-state index contributed by atoms with van der Waals surface area (Å²) in [7, 11) is 0. The SMILES string of the molecule is IC12CC(C34CCC(C56CC(I)(C5)C6)(CC3)CC4)(C1)C2. The van der Waals surface area contributed by atoms with Crippen molar-refractivity contribution in [2.45, 2.75) is 83.9 Å². The zero-order chi connectivity index (χ0) is 13.5. The third-order valence-electron chi connectivity index (χ3n) is 9.43. The highest BCUT2D eigenvalue weighted by atomic mass is 127. The Kier molecular flexibility index (Phi) is 2.03. The van der Waals surface area contributed by atoms with Gasteiger partial charge in [0.25, 0.3) is 0 Å². The summed E-state index contributed by atoms with van der Waals surface area (Å²) in [4.78, 5) is 0. The highest BCUT2D eigenvalue weighted by Crippen LogP contribution is 2.87. The Morgan fingerprint density at radius 3 is 0.850 bits per heavy atom. The first-order chi connectivity index (χ1) is 9.36. The molecule has 0 aromatic rings. The van der Waals surface area contributed by atoms with Crippen molar-refractivity contribution in [1.82, 2.24) is 0 Å². The van der Waals surface area contributed by atoms with E-state index < -0.39 is 0 Å². The second kappa shape index (κ2) is 3.17. The molecule has 2 heteroatoms. The molecule has 110 valence electrons. The van der Waals surface area contributed by atoms with Gasteiger partial charge in [-0.15, -0.1) is 0 Å². The van der Waals surface area contributed by atoms with Crippen LogP contribution in [0.4, 0.5) is 0 Å². The Morgan fingerprint density at radius 1 is 0.400 bits per heavy atom. The normalized spacial score (nSPS) is 72.3. The van der Waals surface area contributed by atoms with Crippen LogP contribution >= 0.6 is 45.2 Å². The third kappa shape index (κ3) is 1.13. The Bertz CT molecular complexity index is 421. The second-order valence-corrected chi connectivity index (χ2v) is 14.6. The zero-order valence-electron chi connectivity index (χ0n) is 12.2. The number of alkyl halides is 2. The lowest BCUT2D eigenvalue weighted by molar-refractivity contribution is -0.268. The van der Waals surface area contributed by atoms with Gasteiger partial charge in [-0.25, -0.2) is 0 Å². The van der Waals surface area contributed by atoms with Crippen LogP contribution in [0.2, 0.25) is 0 Å². The lowest BCUT2D eigenvalue weighted by atomic mass is 9.26. The van der Waals surface area contributed by atoms with E-state index in [1.165, 1.54) is 0 Å². The molecule has 0 amide bonds. The van der Waals surface area contributed by atoms with Gasteiger partial charge < -0.3 is 0 Å². The predicted molar refractivity (Wildman–Crippen MR) is 98.6 cm³/mol. The maximum atomic E-state index is 2.77. The van der Waals surface area contributed by atoms with E-state index in [1.54, 1.807) is 77.0 Å². The van der Waals surface area contributed by atoms with Crippen molar-refractivity contribution in [2.24, 2.45) is 21.7 Å². The molecule has 9 aliphatic rings. The van der Waals surface area contributed by atoms with Gasteiger partial charge in [0.2, 0.25) is 0 Å². The molecule has 0 radical (unpaired) electrons. The first kappa shape index (κ1) is 12.8. The second-order valence-electron chi connectivity index (χ2n) is 9.98. The predicted octanol–water partition coefficient (Wildman–Crippen LogP) is 6.04. The zero-order valence-corrected chi connectivity index (χ0v) is 16.6. The fraction of sp³-hybridized carbons (Fsp3) is 1.00. The van der Waals surface area contributed by atoms with Crippen molar-refractivity contribution < 1.29 is 0 Å². The molecule has 0 saturated heterocycles. The van der Waals surface area contributed by atoms with Gasteiger partial charge in [-0.3, -0.25) is 0 Å². The Hall–Kier alpha value is 1.46. The Labute approximate surface area is 149 Å². The standard InChI is InChI=1S/C18H24I2/c19-17-7-15(8-17,9-17)13-1-2-14(5-3-13,6-4-13)16-10-18(20,11-16)12-16/h1-12H2. The van der Waals surface area contributed by atoms with Crippen LogP contribution in [0.25, 0.3) is 0 Å². The van der Waals surface area contributed by atoms with Gasteiger partial charge in [0.05, 0.1) is 0 Å². The van der Waals surface area contributed by atoms with Crippen molar-refractivity contribution in [3.05, 3.63) is 0 Å². The summed E-state index contributed by atoms with van der Waals surface area (Å²) in [6, 6.07) is 0. The molecule has 20 heavy (non-hydrogen) atoms. The molecule has 6 bridgehead atoms. The maximum Gasteiger partial charge on any atom is 0.0239 e. The van der Waals surface area contributed by atoms with Crippen molar-refractivity contribution in [3.63, 3.8) is 0 Å². The van der Waals surface area contributed by atoms with Crippen molar-refractivity contribution in [3.8, 4) is 0 Å². The summed E-state index contributed by atoms with van der Waals surface area (Å²) in [6.45, 7) is 0. The molecule has 0 aromatic carbocycles. The van der Waals surface area contributed by atoms with Gasteiger partial charge in [-0.1, -0.05) is 45.2 Å². The topological polar surface area (TPSA) is 0 Å². The summed E-state index contributed by atoms with van der Waals surface area (Å²) in [5, 5.41) is 0. The van der Waals surface area contributed by atoms with Gasteiger partial charge in [0, 0.05) is 6.84 Å². The number of halogens is 2. The Morgan fingerprint density at radius 2 is 0.650 bits per heavy atom. The molecule has 0 aromatic heterocycles. The summed E-state index contributed by atoms with van der Waals surface area (Å²) >= 11 is 5.55. The molecule has 0 unspecified atom stereocenters. The van der Waals surface area contributed by atoms with Crippen LogP contribution < -0.4 is 0 Å². The van der Waals surface area contributed by atoms with Gasteiger partial charge in [0.1, 0.15) is 0 Å². The van der Waals surface area contributed by atoms with Gasteiger partial charge >= 0.3 is 0 Å². The molecule has 9 fully saturated rings. The fourth-order valence-corrected chi connectivity index (χ4v) is 12.6. The van der Waals surface area contributed by atoms with E-state index in [2.05, 4.69) is 45.2 Å². The molecule has 0 spiro atoms. The Balaban J connectivity index is 1.27. The molecular formula is C18H24I2. The molecule has 0 heterocycles. The smallest absolute Gasteiger partial charge is 0.0239 e. The van der Waals surface area contributed by atoms with Crippen LogP contribution in [0.15, 0.2) is 0 Å². The van der Waals surface area contributed by atoms with Gasteiger partial charge in [-0.05, 0) is 98.7 Å². The van der Waals surface area contributed by atoms with Crippen LogP contribution in [0.1, 0.15) is 77.0 Å². The van der Waals surface area contributed by atoms with Crippen LogP contribution in [0.3, 0.4) is 0 Å². The van der Waals surface area contributed by atoms with E-state index in [1.807, 2.05) is 0 Å². The average Bonchev–Trinajstić information content (AvgIpc) is 2.31. The molecule has 0 N–H and O–H groups in total. The largest absolute Gasteiger partial charge is 0.0788 e. The molecule has 9 saturated carbocycles. The molecule has 0 nitrogen and oxygen atoms in total. The first-order valence-electron chi connectivity index (χ1n) is 8.74. The summed E-state index contributed by atoms with van der Waals surface area (Å²) in [6.07, 6.45) is 19.3. The van der Waals surface area contributed by atoms with Gasteiger partial charge in [-0.2, -0.15) is 0 Å². The third-order valence-corrected chi connectivity index (χ3v) is 11.7. The highest BCUT2D eigenvalue weighted by Gasteiger charge is 2.79. The lowest BCUT2D eigenvalue weighted by Crippen LogP contribution is -2.75. The summed E-state index contributed by atoms with van der Waals surface area (Å²) in [5.74, 6) is 0.